The molecule has 1 saturated heterocycles. The number of anilines is 2. The lowest BCUT2D eigenvalue weighted by atomic mass is 10.1. The number of carbonyl (C=O) groups excluding carboxylic acids is 1. The van der Waals surface area contributed by atoms with Crippen LogP contribution in [0.4, 0.5) is 11.5 Å². The molecule has 1 amide bonds. The van der Waals surface area contributed by atoms with Crippen molar-refractivity contribution in [2.24, 2.45) is 0 Å². The minimum absolute atomic E-state index is 0.0329. The maximum absolute atomic E-state index is 12.7. The van der Waals surface area contributed by atoms with Gasteiger partial charge in [-0.1, -0.05) is 17.7 Å². The van der Waals surface area contributed by atoms with Crippen molar-refractivity contribution in [1.82, 2.24) is 9.88 Å². The molecule has 1 aliphatic rings. The molecule has 0 bridgehead atoms. The third kappa shape index (κ3) is 4.67. The number of amides is 1. The first-order valence-corrected chi connectivity index (χ1v) is 9.24. The molecule has 0 radical (unpaired) electrons. The molecule has 1 aromatic carbocycles. The van der Waals surface area contributed by atoms with E-state index in [1.807, 2.05) is 41.3 Å². The Bertz CT molecular complexity index is 762. The van der Waals surface area contributed by atoms with Crippen molar-refractivity contribution in [3.05, 3.63) is 53.2 Å². The third-order valence-electron chi connectivity index (χ3n) is 4.25. The number of pyridine rings is 1. The summed E-state index contributed by atoms with van der Waals surface area (Å²) < 4.78 is 0. The van der Waals surface area contributed by atoms with Gasteiger partial charge < -0.3 is 15.1 Å². The van der Waals surface area contributed by atoms with Crippen molar-refractivity contribution < 1.29 is 4.79 Å². The number of nitrogens with zero attached hydrogens (tertiary/aromatic N) is 3. The summed E-state index contributed by atoms with van der Waals surface area (Å²) in [5.41, 5.74) is 1.67. The highest BCUT2D eigenvalue weighted by molar-refractivity contribution is 6.30. The predicted molar refractivity (Wildman–Crippen MR) is 107 cm³/mol. The van der Waals surface area contributed by atoms with Crippen LogP contribution in [-0.2, 0) is 0 Å². The quantitative estimate of drug-likeness (QED) is 0.887. The van der Waals surface area contributed by atoms with Gasteiger partial charge in [0.05, 0.1) is 5.56 Å². The number of halogens is 1. The Morgan fingerprint density at radius 3 is 2.42 bits per heavy atom. The maximum Gasteiger partial charge on any atom is 0.255 e. The summed E-state index contributed by atoms with van der Waals surface area (Å²) in [7, 11) is 0. The van der Waals surface area contributed by atoms with Crippen molar-refractivity contribution >= 4 is 29.0 Å². The van der Waals surface area contributed by atoms with Crippen LogP contribution in [0.2, 0.25) is 5.02 Å². The van der Waals surface area contributed by atoms with Crippen LogP contribution in [-0.4, -0.2) is 47.5 Å². The molecule has 2 heterocycles. The molecule has 1 aliphatic heterocycles. The summed E-state index contributed by atoms with van der Waals surface area (Å²) in [6.45, 7) is 9.19. The molecule has 1 fully saturated rings. The fraction of sp³-hybridized carbons (Fsp3) is 0.400. The lowest BCUT2D eigenvalue weighted by molar-refractivity contribution is 0.0746. The van der Waals surface area contributed by atoms with E-state index in [-0.39, 0.29) is 11.4 Å². The van der Waals surface area contributed by atoms with Gasteiger partial charge in [-0.25, -0.2) is 4.98 Å². The van der Waals surface area contributed by atoms with Gasteiger partial charge in [-0.15, -0.1) is 0 Å². The number of hydrogen-bond donors (Lipinski definition) is 1. The summed E-state index contributed by atoms with van der Waals surface area (Å²) in [5, 5.41) is 4.03. The van der Waals surface area contributed by atoms with Crippen LogP contribution >= 0.6 is 11.6 Å². The summed E-state index contributed by atoms with van der Waals surface area (Å²) in [5.74, 6) is 0.811. The first-order chi connectivity index (χ1) is 12.3. The van der Waals surface area contributed by atoms with Gasteiger partial charge >= 0.3 is 0 Å². The average molecular weight is 373 g/mol. The second kappa shape index (κ2) is 7.54. The predicted octanol–water partition coefficient (Wildman–Crippen LogP) is 3.91. The van der Waals surface area contributed by atoms with Crippen LogP contribution in [0.5, 0.6) is 0 Å². The molecule has 0 spiro atoms. The standard InChI is InChI=1S/C20H25ClN4O/c1-20(2,3)23-18-8-7-15(14-22-18)19(26)25-11-9-24(10-12-25)17-6-4-5-16(21)13-17/h4-8,13-14H,9-12H2,1-3H3,(H,22,23). The van der Waals surface area contributed by atoms with Crippen molar-refractivity contribution in [1.29, 1.82) is 0 Å². The maximum atomic E-state index is 12.7. The lowest BCUT2D eigenvalue weighted by Gasteiger charge is -2.36. The van der Waals surface area contributed by atoms with E-state index in [4.69, 9.17) is 11.6 Å². The number of aromatic nitrogens is 1. The van der Waals surface area contributed by atoms with E-state index >= 15 is 0 Å². The summed E-state index contributed by atoms with van der Waals surface area (Å²) in [4.78, 5) is 21.2. The van der Waals surface area contributed by atoms with Crippen LogP contribution in [0.3, 0.4) is 0 Å². The van der Waals surface area contributed by atoms with Crippen molar-refractivity contribution in [2.75, 3.05) is 36.4 Å². The molecule has 0 aliphatic carbocycles. The fourth-order valence-electron chi connectivity index (χ4n) is 3.00. The van der Waals surface area contributed by atoms with Gasteiger partial charge in [-0.05, 0) is 51.1 Å². The minimum atomic E-state index is -0.0603. The lowest BCUT2D eigenvalue weighted by Crippen LogP contribution is -2.48. The second-order valence-electron chi connectivity index (χ2n) is 7.57. The van der Waals surface area contributed by atoms with Gasteiger partial charge in [-0.2, -0.15) is 0 Å². The van der Waals surface area contributed by atoms with Crippen molar-refractivity contribution in [3.8, 4) is 0 Å². The first-order valence-electron chi connectivity index (χ1n) is 8.86. The number of nitrogens with one attached hydrogen (secondary N) is 1. The van der Waals surface area contributed by atoms with E-state index in [1.54, 1.807) is 6.20 Å². The summed E-state index contributed by atoms with van der Waals surface area (Å²) in [6.07, 6.45) is 1.65. The van der Waals surface area contributed by atoms with Gasteiger partial charge in [0.1, 0.15) is 5.82 Å². The smallest absolute Gasteiger partial charge is 0.255 e. The minimum Gasteiger partial charge on any atom is -0.368 e. The van der Waals surface area contributed by atoms with E-state index in [0.29, 0.717) is 18.7 Å². The molecule has 0 atom stereocenters. The Morgan fingerprint density at radius 2 is 1.85 bits per heavy atom. The fourth-order valence-corrected chi connectivity index (χ4v) is 3.19. The third-order valence-corrected chi connectivity index (χ3v) is 4.49. The van der Waals surface area contributed by atoms with Gasteiger partial charge in [0.25, 0.3) is 5.91 Å². The van der Waals surface area contributed by atoms with Gasteiger partial charge in [-0.3, -0.25) is 4.79 Å². The molecular formula is C20H25ClN4O. The Kier molecular flexibility index (Phi) is 5.37. The van der Waals surface area contributed by atoms with Crippen molar-refractivity contribution in [2.45, 2.75) is 26.3 Å². The van der Waals surface area contributed by atoms with Gasteiger partial charge in [0, 0.05) is 48.6 Å². The molecule has 0 saturated carbocycles. The molecule has 3 rings (SSSR count). The Balaban J connectivity index is 1.60. The highest BCUT2D eigenvalue weighted by atomic mass is 35.5. The van der Waals surface area contributed by atoms with E-state index in [9.17, 15) is 4.79 Å². The second-order valence-corrected chi connectivity index (χ2v) is 8.00. The normalized spacial score (nSPS) is 15.1. The molecule has 26 heavy (non-hydrogen) atoms. The molecule has 0 unspecified atom stereocenters. The zero-order chi connectivity index (χ0) is 18.7. The zero-order valence-corrected chi connectivity index (χ0v) is 16.3. The molecule has 2 aromatic rings. The first kappa shape index (κ1) is 18.5. The Hall–Kier alpha value is -2.27. The Labute approximate surface area is 160 Å². The molecule has 1 aromatic heterocycles. The number of rotatable bonds is 3. The molecule has 1 N–H and O–H groups in total. The van der Waals surface area contributed by atoms with Crippen LogP contribution in [0, 0.1) is 0 Å². The highest BCUT2D eigenvalue weighted by Crippen LogP contribution is 2.21. The van der Waals surface area contributed by atoms with Crippen LogP contribution in [0.15, 0.2) is 42.6 Å². The summed E-state index contributed by atoms with van der Waals surface area (Å²) in [6, 6.07) is 11.5. The number of benzene rings is 1. The SMILES string of the molecule is CC(C)(C)Nc1ccc(C(=O)N2CCN(c3cccc(Cl)c3)CC2)cn1. The van der Waals surface area contributed by atoms with Crippen molar-refractivity contribution in [3.63, 3.8) is 0 Å². The van der Waals surface area contributed by atoms with Gasteiger partial charge in [0.2, 0.25) is 0 Å². The largest absolute Gasteiger partial charge is 0.368 e. The average Bonchev–Trinajstić information content (AvgIpc) is 2.61. The molecule has 6 heteroatoms. The van der Waals surface area contributed by atoms with Crippen LogP contribution < -0.4 is 10.2 Å². The Morgan fingerprint density at radius 1 is 1.12 bits per heavy atom. The number of piperazine rings is 1. The monoisotopic (exact) mass is 372 g/mol. The van der Waals surface area contributed by atoms with E-state index < -0.39 is 0 Å². The van der Waals surface area contributed by atoms with Crippen LogP contribution in [0.1, 0.15) is 31.1 Å². The molecule has 5 nitrogen and oxygen atoms in total. The van der Waals surface area contributed by atoms with Gasteiger partial charge in [0.15, 0.2) is 0 Å². The highest BCUT2D eigenvalue weighted by Gasteiger charge is 2.23. The summed E-state index contributed by atoms with van der Waals surface area (Å²) >= 11 is 6.07. The molecule has 138 valence electrons. The zero-order valence-electron chi connectivity index (χ0n) is 15.5. The van der Waals surface area contributed by atoms with E-state index in [2.05, 4.69) is 36.0 Å². The van der Waals surface area contributed by atoms with E-state index in [1.165, 1.54) is 0 Å². The van der Waals surface area contributed by atoms with E-state index in [0.717, 1.165) is 29.6 Å². The van der Waals surface area contributed by atoms with Crippen LogP contribution in [0.25, 0.3) is 0 Å². The number of hydrogen-bond acceptors (Lipinski definition) is 4. The number of carbonyl (C=O) groups is 1. The topological polar surface area (TPSA) is 48.5 Å². The molecular weight excluding hydrogens is 348 g/mol.